The molecule has 3 rings (SSSR count). The number of aryl methyl sites for hydroxylation is 1. The van der Waals surface area contributed by atoms with E-state index in [4.69, 9.17) is 22.1 Å². The molecule has 30 heavy (non-hydrogen) atoms. The van der Waals surface area contributed by atoms with Gasteiger partial charge in [-0.2, -0.15) is 0 Å². The van der Waals surface area contributed by atoms with Crippen molar-refractivity contribution in [3.05, 3.63) is 87.4 Å². The molecule has 0 fully saturated rings. The minimum Gasteiger partial charge on any atom is -0.507 e. The molecule has 5 nitrogen and oxygen atoms in total. The summed E-state index contributed by atoms with van der Waals surface area (Å²) in [5, 5.41) is 30.9. The molecule has 1 aliphatic carbocycles. The van der Waals surface area contributed by atoms with Crippen LogP contribution in [0, 0.1) is 24.1 Å². The van der Waals surface area contributed by atoms with Crippen molar-refractivity contribution in [3.8, 4) is 5.75 Å². The van der Waals surface area contributed by atoms with E-state index in [2.05, 4.69) is 5.32 Å². The molecule has 0 aliphatic heterocycles. The number of rotatable bonds is 6. The van der Waals surface area contributed by atoms with Gasteiger partial charge in [0.1, 0.15) is 23.3 Å². The highest BCUT2D eigenvalue weighted by molar-refractivity contribution is 6.31. The summed E-state index contributed by atoms with van der Waals surface area (Å²) in [5.41, 5.74) is 0.659. The average Bonchev–Trinajstić information content (AvgIpc) is 2.68. The molecule has 0 saturated heterocycles. The van der Waals surface area contributed by atoms with Crippen LogP contribution >= 0.6 is 11.6 Å². The molecule has 1 aliphatic rings. The molecule has 2 aromatic rings. The number of carbonyl (C=O) groups is 1. The normalized spacial score (nSPS) is 18.1. The van der Waals surface area contributed by atoms with Gasteiger partial charge in [-0.3, -0.25) is 0 Å². The lowest BCUT2D eigenvalue weighted by Gasteiger charge is -2.27. The number of aromatic hydroxyl groups is 1. The second kappa shape index (κ2) is 8.67. The summed E-state index contributed by atoms with van der Waals surface area (Å²) in [7, 11) is 0. The topological polar surface area (TPSA) is 93.4 Å². The van der Waals surface area contributed by atoms with Crippen LogP contribution in [0.1, 0.15) is 27.0 Å². The van der Waals surface area contributed by atoms with Gasteiger partial charge in [0.15, 0.2) is 0 Å². The summed E-state index contributed by atoms with van der Waals surface area (Å²) in [4.78, 5) is 11.1. The van der Waals surface area contributed by atoms with Gasteiger partial charge in [-0.25, -0.2) is 13.6 Å². The van der Waals surface area contributed by atoms with Crippen LogP contribution < -0.4 is 5.32 Å². The summed E-state index contributed by atoms with van der Waals surface area (Å²) in [6.07, 6.45) is 2.72. The van der Waals surface area contributed by atoms with E-state index in [0.717, 1.165) is 17.2 Å². The SMILES string of the molecule is Cc1cccc(Cl)c1CNC1=CC=CC(F)C1C(=N)c1cc(O)c(C(=O)O)cc1F. The van der Waals surface area contributed by atoms with Crippen molar-refractivity contribution in [1.29, 1.82) is 5.41 Å². The molecule has 2 aromatic carbocycles. The Morgan fingerprint density at radius 1 is 1.30 bits per heavy atom. The Kier molecular flexibility index (Phi) is 6.22. The Labute approximate surface area is 176 Å². The number of alkyl halides is 1. The highest BCUT2D eigenvalue weighted by atomic mass is 35.5. The lowest BCUT2D eigenvalue weighted by Crippen LogP contribution is -2.34. The van der Waals surface area contributed by atoms with Gasteiger partial charge in [-0.05, 0) is 48.4 Å². The third kappa shape index (κ3) is 4.21. The van der Waals surface area contributed by atoms with Crippen molar-refractivity contribution in [2.24, 2.45) is 5.92 Å². The molecular formula is C22H19ClF2N2O3. The van der Waals surface area contributed by atoms with E-state index >= 15 is 0 Å². The standard InChI is InChI=1S/C22H19ClF2N2O3/c1-11-4-2-5-15(23)14(11)10-27-18-7-3-6-16(24)20(18)21(26)12-9-19(28)13(22(29)30)8-17(12)25/h2-9,16,20,26-28H,10H2,1H3,(H,29,30). The Morgan fingerprint density at radius 3 is 2.70 bits per heavy atom. The molecular weight excluding hydrogens is 414 g/mol. The third-order valence-corrected chi connectivity index (χ3v) is 5.32. The minimum atomic E-state index is -1.61. The van der Waals surface area contributed by atoms with Gasteiger partial charge in [-0.1, -0.05) is 29.8 Å². The zero-order valence-electron chi connectivity index (χ0n) is 15.9. The zero-order valence-corrected chi connectivity index (χ0v) is 16.7. The predicted octanol–water partition coefficient (Wildman–Crippen LogP) is 4.76. The summed E-state index contributed by atoms with van der Waals surface area (Å²) in [6, 6.07) is 6.90. The Bertz CT molecular complexity index is 1060. The molecule has 0 amide bonds. The van der Waals surface area contributed by atoms with Crippen molar-refractivity contribution in [2.45, 2.75) is 19.6 Å². The first-order valence-corrected chi connectivity index (χ1v) is 9.43. The minimum absolute atomic E-state index is 0.271. The fourth-order valence-electron chi connectivity index (χ4n) is 3.32. The molecule has 0 spiro atoms. The zero-order chi connectivity index (χ0) is 22.0. The molecule has 0 bridgehead atoms. The number of aromatic carboxylic acids is 1. The lowest BCUT2D eigenvalue weighted by atomic mass is 9.86. The Hall–Kier alpha value is -3.19. The first-order chi connectivity index (χ1) is 14.2. The van der Waals surface area contributed by atoms with Crippen molar-refractivity contribution in [1.82, 2.24) is 5.32 Å². The summed E-state index contributed by atoms with van der Waals surface area (Å²) in [5.74, 6) is -4.40. The monoisotopic (exact) mass is 432 g/mol. The van der Waals surface area contributed by atoms with Gasteiger partial charge in [0.05, 0.1) is 11.6 Å². The largest absolute Gasteiger partial charge is 0.507 e. The van der Waals surface area contributed by atoms with E-state index < -0.39 is 40.9 Å². The van der Waals surface area contributed by atoms with Crippen molar-refractivity contribution in [3.63, 3.8) is 0 Å². The van der Waals surface area contributed by atoms with Gasteiger partial charge in [0, 0.05) is 22.8 Å². The molecule has 0 heterocycles. The first-order valence-electron chi connectivity index (χ1n) is 9.05. The highest BCUT2D eigenvalue weighted by Crippen LogP contribution is 2.30. The van der Waals surface area contributed by atoms with E-state index in [1.54, 1.807) is 12.1 Å². The average molecular weight is 433 g/mol. The molecule has 0 saturated carbocycles. The van der Waals surface area contributed by atoms with E-state index in [-0.39, 0.29) is 12.1 Å². The Balaban J connectivity index is 1.90. The number of phenols is 1. The van der Waals surface area contributed by atoms with Crippen LogP contribution in [0.2, 0.25) is 5.02 Å². The molecule has 2 atom stereocenters. The number of carboxylic acid groups (broad SMARTS) is 1. The second-order valence-electron chi connectivity index (χ2n) is 6.89. The van der Waals surface area contributed by atoms with Crippen LogP contribution in [-0.2, 0) is 6.54 Å². The molecule has 156 valence electrons. The van der Waals surface area contributed by atoms with Crippen LogP contribution in [0.4, 0.5) is 8.78 Å². The van der Waals surface area contributed by atoms with E-state index in [1.165, 1.54) is 12.2 Å². The number of benzene rings is 2. The predicted molar refractivity (Wildman–Crippen MR) is 110 cm³/mol. The highest BCUT2D eigenvalue weighted by Gasteiger charge is 2.32. The van der Waals surface area contributed by atoms with Gasteiger partial charge in [0.25, 0.3) is 0 Å². The molecule has 0 radical (unpaired) electrons. The fraction of sp³-hybridized carbons (Fsp3) is 0.182. The van der Waals surface area contributed by atoms with Crippen molar-refractivity contribution in [2.75, 3.05) is 0 Å². The maximum absolute atomic E-state index is 14.7. The molecule has 8 heteroatoms. The number of allylic oxidation sites excluding steroid dienone is 4. The van der Waals surface area contributed by atoms with E-state index in [0.29, 0.717) is 16.8 Å². The maximum atomic E-state index is 14.7. The summed E-state index contributed by atoms with van der Waals surface area (Å²) in [6.45, 7) is 2.16. The van der Waals surface area contributed by atoms with Crippen LogP contribution in [0.25, 0.3) is 0 Å². The van der Waals surface area contributed by atoms with Crippen LogP contribution in [-0.4, -0.2) is 28.1 Å². The maximum Gasteiger partial charge on any atom is 0.339 e. The third-order valence-electron chi connectivity index (χ3n) is 4.96. The number of halogens is 3. The van der Waals surface area contributed by atoms with Crippen LogP contribution in [0.5, 0.6) is 5.75 Å². The quantitative estimate of drug-likeness (QED) is 0.495. The van der Waals surface area contributed by atoms with Gasteiger partial charge >= 0.3 is 5.97 Å². The fourth-order valence-corrected chi connectivity index (χ4v) is 3.61. The number of hydrogen-bond acceptors (Lipinski definition) is 4. The lowest BCUT2D eigenvalue weighted by molar-refractivity contribution is 0.0693. The Morgan fingerprint density at radius 2 is 2.03 bits per heavy atom. The van der Waals surface area contributed by atoms with Gasteiger partial charge in [-0.15, -0.1) is 0 Å². The number of hydrogen-bond donors (Lipinski definition) is 4. The van der Waals surface area contributed by atoms with E-state index in [1.807, 2.05) is 19.1 Å². The molecule has 0 aromatic heterocycles. The van der Waals surface area contributed by atoms with Crippen LogP contribution in [0.3, 0.4) is 0 Å². The van der Waals surface area contributed by atoms with Crippen molar-refractivity contribution >= 4 is 23.3 Å². The molecule has 4 N–H and O–H groups in total. The summed E-state index contributed by atoms with van der Waals surface area (Å²) >= 11 is 6.23. The number of nitrogens with one attached hydrogen (secondary N) is 2. The van der Waals surface area contributed by atoms with E-state index in [9.17, 15) is 18.7 Å². The van der Waals surface area contributed by atoms with Gasteiger partial charge < -0.3 is 20.9 Å². The first kappa shape index (κ1) is 21.5. The second-order valence-corrected chi connectivity index (χ2v) is 7.29. The van der Waals surface area contributed by atoms with Crippen molar-refractivity contribution < 1.29 is 23.8 Å². The molecule has 2 unspecified atom stereocenters. The number of carboxylic acids is 1. The smallest absolute Gasteiger partial charge is 0.339 e. The van der Waals surface area contributed by atoms with Gasteiger partial charge in [0.2, 0.25) is 0 Å². The summed E-state index contributed by atoms with van der Waals surface area (Å²) < 4.78 is 29.2. The van der Waals surface area contributed by atoms with Crippen LogP contribution in [0.15, 0.2) is 54.3 Å².